The average molecular weight is 468 g/mol. The summed E-state index contributed by atoms with van der Waals surface area (Å²) in [6.07, 6.45) is 0.402. The van der Waals surface area contributed by atoms with E-state index in [1.165, 1.54) is 6.07 Å². The topological polar surface area (TPSA) is 103 Å². The predicted octanol–water partition coefficient (Wildman–Crippen LogP) is 3.75. The molecule has 0 spiro atoms. The second-order valence-corrected chi connectivity index (χ2v) is 9.03. The molecule has 8 nitrogen and oxygen atoms in total. The first-order valence-corrected chi connectivity index (χ1v) is 11.5. The second-order valence-electron chi connectivity index (χ2n) is 9.03. The third kappa shape index (κ3) is 3.54. The van der Waals surface area contributed by atoms with Crippen LogP contribution in [0, 0.1) is 5.21 Å². The molecule has 0 saturated carbocycles. The summed E-state index contributed by atoms with van der Waals surface area (Å²) >= 11 is 0. The number of nitrogens with one attached hydrogen (secondary N) is 1. The lowest BCUT2D eigenvalue weighted by Gasteiger charge is -2.47. The Bertz CT molecular complexity index is 1430. The molecule has 4 aromatic rings. The molecule has 2 amide bonds. The first kappa shape index (κ1) is 21.4. The van der Waals surface area contributed by atoms with Crippen LogP contribution in [-0.2, 0) is 22.6 Å². The number of rotatable bonds is 4. The van der Waals surface area contributed by atoms with Crippen molar-refractivity contribution in [2.24, 2.45) is 0 Å². The molecule has 2 atom stereocenters. The number of fused-ring (bicyclic) bond motifs is 4. The van der Waals surface area contributed by atoms with Gasteiger partial charge in [-0.2, -0.15) is 0 Å². The van der Waals surface area contributed by atoms with Crippen LogP contribution in [0.25, 0.3) is 10.9 Å². The lowest BCUT2D eigenvalue weighted by molar-refractivity contribution is -0.159. The van der Waals surface area contributed by atoms with Gasteiger partial charge in [-0.05, 0) is 34.9 Å². The molecule has 0 radical (unpaired) electrons. The summed E-state index contributed by atoms with van der Waals surface area (Å²) in [6, 6.07) is 22.8. The Morgan fingerprint density at radius 3 is 2.57 bits per heavy atom. The normalized spacial score (nSPS) is 19.6. The molecule has 8 heteroatoms. The fourth-order valence-electron chi connectivity index (χ4n) is 5.42. The van der Waals surface area contributed by atoms with Gasteiger partial charge in [0.05, 0.1) is 11.7 Å². The SMILES string of the molecule is O=C1C2Cc3c([nH]c4ccccc34)C(c3cccc(N([O-])O)c3)N2C(=O)CN1Cc1ccccc1. The number of aromatic nitrogens is 1. The molecule has 3 heterocycles. The maximum absolute atomic E-state index is 13.8. The van der Waals surface area contributed by atoms with Crippen LogP contribution in [0.4, 0.5) is 5.69 Å². The fraction of sp³-hybridized carbons (Fsp3) is 0.185. The van der Waals surface area contributed by atoms with Gasteiger partial charge in [0.1, 0.15) is 12.6 Å². The smallest absolute Gasteiger partial charge is 0.246 e. The molecule has 6 rings (SSSR count). The van der Waals surface area contributed by atoms with Crippen molar-refractivity contribution in [1.82, 2.24) is 14.8 Å². The van der Waals surface area contributed by atoms with E-state index in [4.69, 9.17) is 0 Å². The van der Waals surface area contributed by atoms with E-state index in [-0.39, 0.29) is 29.3 Å². The quantitative estimate of drug-likeness (QED) is 0.445. The molecule has 35 heavy (non-hydrogen) atoms. The zero-order valence-electron chi connectivity index (χ0n) is 18.8. The van der Waals surface area contributed by atoms with Crippen molar-refractivity contribution in [1.29, 1.82) is 0 Å². The summed E-state index contributed by atoms with van der Waals surface area (Å²) < 4.78 is 0. The summed E-state index contributed by atoms with van der Waals surface area (Å²) in [4.78, 5) is 34.1. The summed E-state index contributed by atoms with van der Waals surface area (Å²) in [6.45, 7) is 0.343. The third-order valence-electron chi connectivity index (χ3n) is 6.97. The van der Waals surface area contributed by atoms with E-state index in [1.807, 2.05) is 60.7 Å². The zero-order chi connectivity index (χ0) is 24.1. The molecule has 1 aromatic heterocycles. The van der Waals surface area contributed by atoms with Gasteiger partial charge in [-0.3, -0.25) is 14.8 Å². The first-order valence-electron chi connectivity index (χ1n) is 11.5. The number of benzene rings is 3. The average Bonchev–Trinajstić information content (AvgIpc) is 3.25. The van der Waals surface area contributed by atoms with Crippen LogP contribution in [-0.4, -0.2) is 44.4 Å². The Labute approximate surface area is 201 Å². The van der Waals surface area contributed by atoms with Crippen LogP contribution in [0.1, 0.15) is 28.4 Å². The lowest BCUT2D eigenvalue weighted by atomic mass is 9.86. The highest BCUT2D eigenvalue weighted by Gasteiger charge is 2.48. The standard InChI is InChI=1S/C27H23N4O4/c32-24-16-29(15-17-7-2-1-3-8-17)27(33)23-14-21-20-11-4-5-12-22(20)28-25(21)26(30(23)24)18-9-6-10-19(13-18)31(34)35/h1-13,23,26,28,34H,14-16H2/q-1. The summed E-state index contributed by atoms with van der Waals surface area (Å²) in [5.41, 5.74) is 4.41. The third-order valence-corrected chi connectivity index (χ3v) is 6.97. The Kier molecular flexibility index (Phi) is 5.05. The van der Waals surface area contributed by atoms with Crippen molar-refractivity contribution in [3.05, 3.63) is 106 Å². The Morgan fingerprint density at radius 1 is 1.00 bits per heavy atom. The minimum Gasteiger partial charge on any atom is -0.733 e. The Balaban J connectivity index is 1.47. The number of nitrogens with zero attached hydrogens (tertiary/aromatic N) is 3. The van der Waals surface area contributed by atoms with Gasteiger partial charge in [-0.1, -0.05) is 60.7 Å². The van der Waals surface area contributed by atoms with E-state index in [0.717, 1.165) is 27.7 Å². The van der Waals surface area contributed by atoms with Crippen molar-refractivity contribution in [2.75, 3.05) is 11.8 Å². The molecule has 176 valence electrons. The van der Waals surface area contributed by atoms with Crippen LogP contribution in [0.15, 0.2) is 78.9 Å². The molecule has 1 fully saturated rings. The number of piperazine rings is 1. The van der Waals surface area contributed by atoms with E-state index in [9.17, 15) is 20.0 Å². The van der Waals surface area contributed by atoms with Crippen LogP contribution in [0.5, 0.6) is 0 Å². The molecule has 2 aliphatic rings. The molecule has 3 aromatic carbocycles. The van der Waals surface area contributed by atoms with E-state index in [1.54, 1.807) is 21.9 Å². The highest BCUT2D eigenvalue weighted by Crippen LogP contribution is 2.43. The monoisotopic (exact) mass is 467 g/mol. The maximum atomic E-state index is 13.8. The van der Waals surface area contributed by atoms with Crippen LogP contribution in [0.2, 0.25) is 0 Å². The minimum absolute atomic E-state index is 0.0241. The molecule has 2 unspecified atom stereocenters. The largest absolute Gasteiger partial charge is 0.733 e. The molecule has 1 saturated heterocycles. The number of aromatic amines is 1. The summed E-state index contributed by atoms with van der Waals surface area (Å²) in [5.74, 6) is -0.258. The Morgan fingerprint density at radius 2 is 1.77 bits per heavy atom. The van der Waals surface area contributed by atoms with E-state index >= 15 is 0 Å². The summed E-state index contributed by atoms with van der Waals surface area (Å²) in [5, 5.41) is 21.9. The van der Waals surface area contributed by atoms with Gasteiger partial charge >= 0.3 is 0 Å². The number of carbonyl (C=O) groups excluding carboxylic acids is 2. The van der Waals surface area contributed by atoms with Gasteiger partial charge in [0.25, 0.3) is 0 Å². The van der Waals surface area contributed by atoms with Crippen molar-refractivity contribution in [3.63, 3.8) is 0 Å². The number of hydrogen-bond acceptors (Lipinski definition) is 5. The lowest BCUT2D eigenvalue weighted by Crippen LogP contribution is -2.62. The van der Waals surface area contributed by atoms with Crippen molar-refractivity contribution >= 4 is 28.4 Å². The van der Waals surface area contributed by atoms with Gasteiger partial charge in [-0.15, -0.1) is 0 Å². The van der Waals surface area contributed by atoms with Crippen molar-refractivity contribution < 1.29 is 14.8 Å². The van der Waals surface area contributed by atoms with Crippen molar-refractivity contribution in [2.45, 2.75) is 25.0 Å². The Hall–Kier alpha value is -4.14. The van der Waals surface area contributed by atoms with E-state index in [0.29, 0.717) is 18.5 Å². The molecular formula is C27H23N4O4-. The molecule has 2 aliphatic heterocycles. The molecule has 0 bridgehead atoms. The van der Waals surface area contributed by atoms with Crippen LogP contribution < -0.4 is 5.23 Å². The van der Waals surface area contributed by atoms with Gasteiger partial charge in [0, 0.05) is 29.6 Å². The summed E-state index contributed by atoms with van der Waals surface area (Å²) in [7, 11) is 0. The molecular weight excluding hydrogens is 444 g/mol. The molecule has 0 aliphatic carbocycles. The maximum Gasteiger partial charge on any atom is 0.246 e. The van der Waals surface area contributed by atoms with Crippen molar-refractivity contribution in [3.8, 4) is 0 Å². The van der Waals surface area contributed by atoms with Gasteiger partial charge in [-0.25, -0.2) is 0 Å². The number of H-pyrrole nitrogens is 1. The number of para-hydroxylation sites is 1. The van der Waals surface area contributed by atoms with Gasteiger partial charge < -0.3 is 25.2 Å². The van der Waals surface area contributed by atoms with Crippen LogP contribution in [0.3, 0.4) is 0 Å². The number of hydrogen-bond donors (Lipinski definition) is 2. The number of amides is 2. The first-order chi connectivity index (χ1) is 17.0. The van der Waals surface area contributed by atoms with E-state index < -0.39 is 12.1 Å². The fourth-order valence-corrected chi connectivity index (χ4v) is 5.42. The second kappa shape index (κ2) is 8.26. The van der Waals surface area contributed by atoms with E-state index in [2.05, 4.69) is 4.98 Å². The highest BCUT2D eigenvalue weighted by molar-refractivity contribution is 5.97. The zero-order valence-corrected chi connectivity index (χ0v) is 18.8. The van der Waals surface area contributed by atoms with Crippen LogP contribution >= 0.6 is 0 Å². The predicted molar refractivity (Wildman–Crippen MR) is 130 cm³/mol. The highest BCUT2D eigenvalue weighted by atomic mass is 16.8. The number of anilines is 1. The van der Waals surface area contributed by atoms with Gasteiger partial charge in [0.2, 0.25) is 11.8 Å². The molecule has 2 N–H and O–H groups in total. The number of carbonyl (C=O) groups is 2. The van der Waals surface area contributed by atoms with Gasteiger partial charge in [0.15, 0.2) is 0 Å². The minimum atomic E-state index is -0.669.